The van der Waals surface area contributed by atoms with Gasteiger partial charge in [-0.15, -0.1) is 0 Å². The summed E-state index contributed by atoms with van der Waals surface area (Å²) < 4.78 is 5.11. The highest BCUT2D eigenvalue weighted by Gasteiger charge is 2.28. The Morgan fingerprint density at radius 3 is 2.42 bits per heavy atom. The molecule has 1 saturated carbocycles. The van der Waals surface area contributed by atoms with Gasteiger partial charge in [0.05, 0.1) is 13.7 Å². The molecule has 0 heterocycles. The van der Waals surface area contributed by atoms with E-state index < -0.39 is 0 Å². The largest absolute Gasteiger partial charge is 0.497 e. The summed E-state index contributed by atoms with van der Waals surface area (Å²) in [7, 11) is 1.61. The van der Waals surface area contributed by atoms with Gasteiger partial charge in [0.25, 0.3) is 11.8 Å². The van der Waals surface area contributed by atoms with Gasteiger partial charge in [-0.2, -0.15) is 0 Å². The van der Waals surface area contributed by atoms with E-state index in [1.54, 1.807) is 19.2 Å². The molecule has 0 saturated heterocycles. The number of methoxy groups -OCH3 is 1. The molecule has 0 radical (unpaired) electrons. The molecular formula is C20H32N3O3+. The van der Waals surface area contributed by atoms with Gasteiger partial charge in [-0.1, -0.05) is 19.3 Å². The van der Waals surface area contributed by atoms with E-state index in [1.165, 1.54) is 19.3 Å². The van der Waals surface area contributed by atoms with Crippen molar-refractivity contribution < 1.29 is 19.2 Å². The number of nitrogens with one attached hydrogen (secondary N) is 3. The van der Waals surface area contributed by atoms with Crippen LogP contribution in [0.25, 0.3) is 0 Å². The Morgan fingerprint density at radius 2 is 1.85 bits per heavy atom. The van der Waals surface area contributed by atoms with Crippen LogP contribution in [0.5, 0.6) is 5.75 Å². The van der Waals surface area contributed by atoms with Crippen LogP contribution in [-0.2, 0) is 9.59 Å². The summed E-state index contributed by atoms with van der Waals surface area (Å²) in [5.74, 6) is 0.701. The molecule has 2 atom stereocenters. The second-order valence-electron chi connectivity index (χ2n) is 7.03. The van der Waals surface area contributed by atoms with Gasteiger partial charge in [0.15, 0.2) is 12.6 Å². The van der Waals surface area contributed by atoms with Gasteiger partial charge in [0.2, 0.25) is 0 Å². The minimum atomic E-state index is -0.247. The summed E-state index contributed by atoms with van der Waals surface area (Å²) >= 11 is 0. The molecule has 0 bridgehead atoms. The zero-order valence-corrected chi connectivity index (χ0v) is 16.1. The van der Waals surface area contributed by atoms with E-state index in [9.17, 15) is 9.59 Å². The maximum Gasteiger partial charge on any atom is 0.279 e. The molecule has 2 rings (SSSR count). The zero-order valence-electron chi connectivity index (χ0n) is 16.1. The molecule has 1 aromatic rings. The van der Waals surface area contributed by atoms with Gasteiger partial charge in [-0.3, -0.25) is 9.59 Å². The lowest BCUT2D eigenvalue weighted by Gasteiger charge is -2.27. The highest BCUT2D eigenvalue weighted by Crippen LogP contribution is 2.17. The van der Waals surface area contributed by atoms with Crippen molar-refractivity contribution in [3.8, 4) is 5.75 Å². The first-order valence-electron chi connectivity index (χ1n) is 9.62. The Kier molecular flexibility index (Phi) is 7.91. The van der Waals surface area contributed by atoms with E-state index in [-0.39, 0.29) is 24.4 Å². The number of rotatable bonds is 8. The van der Waals surface area contributed by atoms with Crippen LogP contribution in [0.1, 0.15) is 46.0 Å². The van der Waals surface area contributed by atoms with Crippen LogP contribution in [0.2, 0.25) is 0 Å². The van der Waals surface area contributed by atoms with Crippen molar-refractivity contribution in [2.45, 2.75) is 58.0 Å². The second-order valence-corrected chi connectivity index (χ2v) is 7.03. The molecule has 1 aliphatic carbocycles. The van der Waals surface area contributed by atoms with Gasteiger partial charge >= 0.3 is 0 Å². The van der Waals surface area contributed by atoms with Crippen LogP contribution in [0.4, 0.5) is 5.69 Å². The fraction of sp³-hybridized carbons (Fsp3) is 0.600. The van der Waals surface area contributed by atoms with E-state index in [0.717, 1.165) is 35.7 Å². The third-order valence-corrected chi connectivity index (χ3v) is 5.17. The van der Waals surface area contributed by atoms with Crippen LogP contribution in [0, 0.1) is 0 Å². The van der Waals surface area contributed by atoms with E-state index in [0.29, 0.717) is 6.04 Å². The van der Waals surface area contributed by atoms with Crippen LogP contribution in [-0.4, -0.2) is 44.1 Å². The highest BCUT2D eigenvalue weighted by atomic mass is 16.5. The number of anilines is 1. The fourth-order valence-corrected chi connectivity index (χ4v) is 3.43. The molecule has 1 unspecified atom stereocenters. The minimum Gasteiger partial charge on any atom is -0.497 e. The number of amides is 2. The predicted molar refractivity (Wildman–Crippen MR) is 102 cm³/mol. The average molecular weight is 362 g/mol. The number of benzene rings is 1. The lowest BCUT2D eigenvalue weighted by molar-refractivity contribution is -0.904. The molecule has 0 spiro atoms. The van der Waals surface area contributed by atoms with Crippen molar-refractivity contribution in [1.29, 1.82) is 0 Å². The van der Waals surface area contributed by atoms with Gasteiger partial charge in [-0.05, 0) is 51.0 Å². The third kappa shape index (κ3) is 6.02. The molecule has 1 aromatic carbocycles. The van der Waals surface area contributed by atoms with Crippen molar-refractivity contribution in [3.63, 3.8) is 0 Å². The predicted octanol–water partition coefficient (Wildman–Crippen LogP) is 1.38. The third-order valence-electron chi connectivity index (χ3n) is 5.17. The van der Waals surface area contributed by atoms with Crippen LogP contribution < -0.4 is 20.3 Å². The molecule has 6 heteroatoms. The van der Waals surface area contributed by atoms with Crippen LogP contribution >= 0.6 is 0 Å². The molecule has 1 aliphatic rings. The summed E-state index contributed by atoms with van der Waals surface area (Å²) in [6.07, 6.45) is 5.78. The summed E-state index contributed by atoms with van der Waals surface area (Å²) in [5, 5.41) is 6.05. The SMILES string of the molecule is CC[NH+](CC(=O)Nc1ccc(OC)cc1)[C@@H](C)C(=O)NC1CCCCC1. The van der Waals surface area contributed by atoms with Crippen molar-refractivity contribution in [2.75, 3.05) is 25.5 Å². The number of quaternary nitrogens is 1. The normalized spacial score (nSPS) is 17.2. The van der Waals surface area contributed by atoms with E-state index in [2.05, 4.69) is 10.6 Å². The number of ether oxygens (including phenoxy) is 1. The molecule has 144 valence electrons. The van der Waals surface area contributed by atoms with Gasteiger partial charge in [0.1, 0.15) is 5.75 Å². The minimum absolute atomic E-state index is 0.0472. The Labute approximate surface area is 156 Å². The van der Waals surface area contributed by atoms with Gasteiger partial charge < -0.3 is 20.3 Å². The van der Waals surface area contributed by atoms with Crippen molar-refractivity contribution in [3.05, 3.63) is 24.3 Å². The standard InChI is InChI=1S/C20H31N3O3/c1-4-23(15(2)20(25)22-16-8-6-5-7-9-16)14-19(24)21-17-10-12-18(26-3)13-11-17/h10-13,15-16H,4-9,14H2,1-3H3,(H,21,24)(H,22,25)/p+1/t15-/m0/s1. The molecule has 0 aliphatic heterocycles. The van der Waals surface area contributed by atoms with Crippen LogP contribution in [0.15, 0.2) is 24.3 Å². The molecule has 2 amide bonds. The maximum atomic E-state index is 12.5. The van der Waals surface area contributed by atoms with E-state index in [4.69, 9.17) is 4.74 Å². The lowest BCUT2D eigenvalue weighted by Crippen LogP contribution is -3.17. The number of carbonyl (C=O) groups is 2. The second kappa shape index (κ2) is 10.2. The van der Waals surface area contributed by atoms with E-state index >= 15 is 0 Å². The topological polar surface area (TPSA) is 71.9 Å². The number of carbonyl (C=O) groups excluding carboxylic acids is 2. The van der Waals surface area contributed by atoms with Gasteiger partial charge in [0, 0.05) is 11.7 Å². The molecular weight excluding hydrogens is 330 g/mol. The maximum absolute atomic E-state index is 12.5. The Bertz CT molecular complexity index is 582. The monoisotopic (exact) mass is 362 g/mol. The Balaban J connectivity index is 1.85. The molecule has 1 fully saturated rings. The number of likely N-dealkylation sites (N-methyl/N-ethyl adjacent to an activating group) is 1. The number of hydrogen-bond donors (Lipinski definition) is 3. The zero-order chi connectivity index (χ0) is 18.9. The lowest BCUT2D eigenvalue weighted by atomic mass is 9.95. The van der Waals surface area contributed by atoms with Crippen molar-refractivity contribution in [1.82, 2.24) is 5.32 Å². The van der Waals surface area contributed by atoms with Crippen molar-refractivity contribution >= 4 is 17.5 Å². The first kappa shape index (κ1) is 20.2. The van der Waals surface area contributed by atoms with Crippen LogP contribution in [0.3, 0.4) is 0 Å². The average Bonchev–Trinajstić information content (AvgIpc) is 2.67. The summed E-state index contributed by atoms with van der Waals surface area (Å²) in [6.45, 7) is 4.88. The summed E-state index contributed by atoms with van der Waals surface area (Å²) in [6, 6.07) is 7.28. The first-order valence-corrected chi connectivity index (χ1v) is 9.62. The summed E-state index contributed by atoms with van der Waals surface area (Å²) in [5.41, 5.74) is 0.727. The first-order chi connectivity index (χ1) is 12.5. The van der Waals surface area contributed by atoms with E-state index in [1.807, 2.05) is 26.0 Å². The Morgan fingerprint density at radius 1 is 1.19 bits per heavy atom. The summed E-state index contributed by atoms with van der Waals surface area (Å²) in [4.78, 5) is 25.9. The molecule has 0 aromatic heterocycles. The van der Waals surface area contributed by atoms with Gasteiger partial charge in [-0.25, -0.2) is 0 Å². The van der Waals surface area contributed by atoms with Crippen molar-refractivity contribution in [2.24, 2.45) is 0 Å². The molecule has 3 N–H and O–H groups in total. The highest BCUT2D eigenvalue weighted by molar-refractivity contribution is 5.91. The number of hydrogen-bond acceptors (Lipinski definition) is 3. The fourth-order valence-electron chi connectivity index (χ4n) is 3.43. The Hall–Kier alpha value is -2.08. The molecule has 26 heavy (non-hydrogen) atoms. The smallest absolute Gasteiger partial charge is 0.279 e. The molecule has 6 nitrogen and oxygen atoms in total. The quantitative estimate of drug-likeness (QED) is 0.654.